The largest absolute Gasteiger partial charge is 0.375 e. The molecule has 2 amide bonds. The second-order valence-corrected chi connectivity index (χ2v) is 5.08. The molecule has 0 bridgehead atoms. The third-order valence-corrected chi connectivity index (χ3v) is 3.53. The summed E-state index contributed by atoms with van der Waals surface area (Å²) in [5.41, 5.74) is 0.200. The van der Waals surface area contributed by atoms with Crippen molar-refractivity contribution in [2.24, 2.45) is 0 Å². The third-order valence-electron chi connectivity index (χ3n) is 3.19. The molecule has 0 aromatic heterocycles. The number of methoxy groups -OCH3 is 1. The van der Waals surface area contributed by atoms with Crippen molar-refractivity contribution >= 4 is 23.3 Å². The summed E-state index contributed by atoms with van der Waals surface area (Å²) in [6.45, 7) is 0.0855. The number of rotatable bonds is 5. The molecule has 7 heteroatoms. The van der Waals surface area contributed by atoms with Crippen LogP contribution in [0, 0.1) is 11.6 Å². The van der Waals surface area contributed by atoms with Gasteiger partial charge in [-0.15, -0.1) is 0 Å². The maximum absolute atomic E-state index is 13.5. The molecule has 1 atom stereocenters. The van der Waals surface area contributed by atoms with Crippen LogP contribution in [0.2, 0.25) is 5.02 Å². The van der Waals surface area contributed by atoms with Gasteiger partial charge in [-0.3, -0.25) is 0 Å². The van der Waals surface area contributed by atoms with Gasteiger partial charge in [0, 0.05) is 24.2 Å². The smallest absolute Gasteiger partial charge is 0.319 e. The zero-order chi connectivity index (χ0) is 16.8. The van der Waals surface area contributed by atoms with Crippen molar-refractivity contribution < 1.29 is 18.3 Å². The van der Waals surface area contributed by atoms with Gasteiger partial charge in [-0.1, -0.05) is 35.9 Å². The van der Waals surface area contributed by atoms with Crippen LogP contribution in [0.5, 0.6) is 0 Å². The van der Waals surface area contributed by atoms with Crippen molar-refractivity contribution in [1.29, 1.82) is 0 Å². The van der Waals surface area contributed by atoms with Gasteiger partial charge in [0.2, 0.25) is 0 Å². The van der Waals surface area contributed by atoms with E-state index in [9.17, 15) is 13.6 Å². The van der Waals surface area contributed by atoms with E-state index in [0.29, 0.717) is 10.6 Å². The molecule has 122 valence electrons. The number of nitrogens with one attached hydrogen (secondary N) is 2. The van der Waals surface area contributed by atoms with E-state index >= 15 is 0 Å². The van der Waals surface area contributed by atoms with Crippen molar-refractivity contribution in [1.82, 2.24) is 5.32 Å². The van der Waals surface area contributed by atoms with E-state index in [4.69, 9.17) is 16.3 Å². The second kappa shape index (κ2) is 7.89. The van der Waals surface area contributed by atoms with Gasteiger partial charge in [0.1, 0.15) is 23.4 Å². The van der Waals surface area contributed by atoms with Crippen LogP contribution in [0.4, 0.5) is 19.3 Å². The number of ether oxygens (including phenoxy) is 1. The van der Waals surface area contributed by atoms with Gasteiger partial charge in [0.05, 0.1) is 0 Å². The number of para-hydroxylation sites is 1. The van der Waals surface area contributed by atoms with Crippen molar-refractivity contribution in [2.45, 2.75) is 6.10 Å². The first kappa shape index (κ1) is 17.2. The van der Waals surface area contributed by atoms with Crippen LogP contribution >= 0.6 is 11.6 Å². The molecule has 0 aliphatic heterocycles. The van der Waals surface area contributed by atoms with Gasteiger partial charge in [-0.2, -0.15) is 0 Å². The van der Waals surface area contributed by atoms with Crippen LogP contribution < -0.4 is 10.6 Å². The molecule has 0 aliphatic rings. The standard InChI is InChI=1S/C16H15ClF2N2O2/c1-23-14(10-5-2-3-6-11(10)17)9-20-16(22)21-15-12(18)7-4-8-13(15)19/h2-8,14H,9H2,1H3,(H2,20,21,22)/t14-/m1/s1. The molecule has 0 heterocycles. The van der Waals surface area contributed by atoms with Crippen molar-refractivity contribution in [3.8, 4) is 0 Å². The molecular weight excluding hydrogens is 326 g/mol. The number of carbonyl (C=O) groups excluding carboxylic acids is 1. The number of anilines is 1. The molecule has 0 saturated heterocycles. The number of hydrogen-bond acceptors (Lipinski definition) is 2. The molecule has 0 unspecified atom stereocenters. The van der Waals surface area contributed by atoms with E-state index in [2.05, 4.69) is 10.6 Å². The van der Waals surface area contributed by atoms with Crippen molar-refractivity contribution in [3.05, 3.63) is 64.7 Å². The summed E-state index contributed by atoms with van der Waals surface area (Å²) in [6, 6.07) is 9.63. The van der Waals surface area contributed by atoms with E-state index in [1.165, 1.54) is 13.2 Å². The monoisotopic (exact) mass is 340 g/mol. The Morgan fingerprint density at radius 1 is 1.17 bits per heavy atom. The number of carbonyl (C=O) groups is 1. The molecule has 0 radical (unpaired) electrons. The highest BCUT2D eigenvalue weighted by Gasteiger charge is 2.16. The van der Waals surface area contributed by atoms with E-state index in [1.807, 2.05) is 0 Å². The third kappa shape index (κ3) is 4.40. The molecule has 0 spiro atoms. The minimum atomic E-state index is -0.852. The first-order valence-corrected chi connectivity index (χ1v) is 7.16. The highest BCUT2D eigenvalue weighted by atomic mass is 35.5. The summed E-state index contributed by atoms with van der Waals surface area (Å²) in [4.78, 5) is 11.8. The molecule has 0 fully saturated rings. The first-order valence-electron chi connectivity index (χ1n) is 6.79. The van der Waals surface area contributed by atoms with E-state index in [-0.39, 0.29) is 6.54 Å². The van der Waals surface area contributed by atoms with Gasteiger partial charge in [-0.05, 0) is 18.2 Å². The molecule has 4 nitrogen and oxygen atoms in total. The predicted molar refractivity (Wildman–Crippen MR) is 84.6 cm³/mol. The van der Waals surface area contributed by atoms with Crippen LogP contribution in [0.25, 0.3) is 0 Å². The summed E-state index contributed by atoms with van der Waals surface area (Å²) >= 11 is 6.08. The summed E-state index contributed by atoms with van der Waals surface area (Å²) in [5, 5.41) is 5.13. The quantitative estimate of drug-likeness (QED) is 0.860. The lowest BCUT2D eigenvalue weighted by Crippen LogP contribution is -2.33. The van der Waals surface area contributed by atoms with Crippen LogP contribution in [0.1, 0.15) is 11.7 Å². The lowest BCUT2D eigenvalue weighted by molar-refractivity contribution is 0.104. The Labute approximate surface area is 137 Å². The van der Waals surface area contributed by atoms with Crippen LogP contribution in [0.3, 0.4) is 0 Å². The Balaban J connectivity index is 1.99. The number of halogens is 3. The fourth-order valence-electron chi connectivity index (χ4n) is 2.02. The molecule has 2 aromatic carbocycles. The van der Waals surface area contributed by atoms with Gasteiger partial charge >= 0.3 is 6.03 Å². The molecule has 2 rings (SSSR count). The Hall–Kier alpha value is -2.18. The van der Waals surface area contributed by atoms with E-state index in [1.54, 1.807) is 24.3 Å². The normalized spacial score (nSPS) is 11.8. The lowest BCUT2D eigenvalue weighted by Gasteiger charge is -2.18. The Bertz CT molecular complexity index is 677. The van der Waals surface area contributed by atoms with E-state index in [0.717, 1.165) is 12.1 Å². The number of hydrogen-bond donors (Lipinski definition) is 2. The topological polar surface area (TPSA) is 50.4 Å². The van der Waals surface area contributed by atoms with Crippen LogP contribution in [0.15, 0.2) is 42.5 Å². The van der Waals surface area contributed by atoms with Gasteiger partial charge in [-0.25, -0.2) is 13.6 Å². The van der Waals surface area contributed by atoms with Gasteiger partial charge in [0.25, 0.3) is 0 Å². The zero-order valence-corrected chi connectivity index (χ0v) is 13.0. The summed E-state index contributed by atoms with van der Waals surface area (Å²) in [6.07, 6.45) is -0.486. The SMILES string of the molecule is CO[C@H](CNC(=O)Nc1c(F)cccc1F)c1ccccc1Cl. The lowest BCUT2D eigenvalue weighted by atomic mass is 10.1. The molecule has 0 saturated carbocycles. The highest BCUT2D eigenvalue weighted by Crippen LogP contribution is 2.24. The Morgan fingerprint density at radius 3 is 2.43 bits per heavy atom. The van der Waals surface area contributed by atoms with Crippen LogP contribution in [-0.2, 0) is 4.74 Å². The number of benzene rings is 2. The second-order valence-electron chi connectivity index (χ2n) is 4.68. The Morgan fingerprint density at radius 2 is 1.83 bits per heavy atom. The molecular formula is C16H15ClF2N2O2. The minimum absolute atomic E-state index is 0.0855. The van der Waals surface area contributed by atoms with Crippen LogP contribution in [-0.4, -0.2) is 19.7 Å². The fourth-order valence-corrected chi connectivity index (χ4v) is 2.27. The first-order chi connectivity index (χ1) is 11.0. The molecule has 2 N–H and O–H groups in total. The van der Waals surface area contributed by atoms with E-state index < -0.39 is 29.5 Å². The van der Waals surface area contributed by atoms with Gasteiger partial charge < -0.3 is 15.4 Å². The molecule has 23 heavy (non-hydrogen) atoms. The van der Waals surface area contributed by atoms with Crippen molar-refractivity contribution in [2.75, 3.05) is 19.0 Å². The average molecular weight is 341 g/mol. The Kier molecular flexibility index (Phi) is 5.90. The predicted octanol–water partition coefficient (Wildman–Crippen LogP) is 4.13. The summed E-state index contributed by atoms with van der Waals surface area (Å²) in [5.74, 6) is -1.70. The maximum Gasteiger partial charge on any atom is 0.319 e. The zero-order valence-electron chi connectivity index (χ0n) is 12.3. The van der Waals surface area contributed by atoms with Crippen molar-refractivity contribution in [3.63, 3.8) is 0 Å². The minimum Gasteiger partial charge on any atom is -0.375 e. The highest BCUT2D eigenvalue weighted by molar-refractivity contribution is 6.31. The van der Waals surface area contributed by atoms with Gasteiger partial charge in [0.15, 0.2) is 0 Å². The number of urea groups is 1. The average Bonchev–Trinajstić information content (AvgIpc) is 2.53. The molecule has 0 aliphatic carbocycles. The maximum atomic E-state index is 13.5. The number of amides is 2. The fraction of sp³-hybridized carbons (Fsp3) is 0.188. The summed E-state index contributed by atoms with van der Waals surface area (Å²) in [7, 11) is 1.48. The molecule has 2 aromatic rings. The summed E-state index contributed by atoms with van der Waals surface area (Å²) < 4.78 is 32.2.